The van der Waals surface area contributed by atoms with E-state index in [4.69, 9.17) is 16.0 Å². The average molecular weight is 490 g/mol. The van der Waals surface area contributed by atoms with E-state index in [1.165, 1.54) is 23.5 Å². The Hall–Kier alpha value is -2.62. The van der Waals surface area contributed by atoms with Gasteiger partial charge in [-0.2, -0.15) is 4.31 Å². The Morgan fingerprint density at radius 1 is 1.18 bits per heavy atom. The van der Waals surface area contributed by atoms with Crippen LogP contribution in [0.15, 0.2) is 64.6 Å². The van der Waals surface area contributed by atoms with E-state index in [9.17, 15) is 13.5 Å². The summed E-state index contributed by atoms with van der Waals surface area (Å²) in [6, 6.07) is 15.1. The van der Waals surface area contributed by atoms with Crippen LogP contribution in [0, 0.1) is 5.41 Å². The summed E-state index contributed by atoms with van der Waals surface area (Å²) in [5.74, 6) is 0.550. The summed E-state index contributed by atoms with van der Waals surface area (Å²) < 4.78 is 33.6. The lowest BCUT2D eigenvalue weighted by Gasteiger charge is -2.34. The molecule has 0 aliphatic carbocycles. The molecule has 0 saturated heterocycles. The highest BCUT2D eigenvalue weighted by molar-refractivity contribution is 7.89. The molecule has 3 N–H and O–H groups in total. The van der Waals surface area contributed by atoms with Crippen LogP contribution in [0.25, 0.3) is 10.4 Å². The van der Waals surface area contributed by atoms with Crippen molar-refractivity contribution < 1.29 is 18.3 Å². The molecule has 0 aliphatic heterocycles. The molecule has 0 fully saturated rings. The summed E-state index contributed by atoms with van der Waals surface area (Å²) in [6.45, 7) is 4.29. The van der Waals surface area contributed by atoms with Crippen LogP contribution in [0.1, 0.15) is 32.3 Å². The van der Waals surface area contributed by atoms with Gasteiger partial charge in [0.05, 0.1) is 18.1 Å². The lowest BCUT2D eigenvalue weighted by atomic mass is 9.87. The van der Waals surface area contributed by atoms with Crippen LogP contribution in [0.2, 0.25) is 0 Å². The highest BCUT2D eigenvalue weighted by Gasteiger charge is 2.33. The molecule has 186 valence electrons. The molecular weight excluding hydrogens is 454 g/mol. The van der Waals surface area contributed by atoms with Gasteiger partial charge in [-0.05, 0) is 60.0 Å². The summed E-state index contributed by atoms with van der Waals surface area (Å²) in [7, 11) is -2.40. The summed E-state index contributed by atoms with van der Waals surface area (Å²) in [6.07, 6.45) is 0.636. The first kappa shape index (κ1) is 27.6. The number of ether oxygens (including phenoxy) is 1. The van der Waals surface area contributed by atoms with E-state index in [-0.39, 0.29) is 18.0 Å². The van der Waals surface area contributed by atoms with Crippen LogP contribution in [-0.2, 0) is 16.4 Å². The first-order valence-corrected chi connectivity index (χ1v) is 12.7. The highest BCUT2D eigenvalue weighted by Crippen LogP contribution is 2.28. The summed E-state index contributed by atoms with van der Waals surface area (Å²) >= 11 is 0. The molecule has 2 aromatic carbocycles. The van der Waals surface area contributed by atoms with E-state index in [1.54, 1.807) is 12.1 Å². The van der Waals surface area contributed by atoms with Crippen LogP contribution in [0.4, 0.5) is 0 Å². The van der Waals surface area contributed by atoms with Gasteiger partial charge in [0.25, 0.3) is 0 Å². The fraction of sp³-hybridized carbons (Fsp3) is 0.500. The molecule has 0 saturated carbocycles. The van der Waals surface area contributed by atoms with Crippen molar-refractivity contribution in [2.75, 3.05) is 26.7 Å². The van der Waals surface area contributed by atoms with Gasteiger partial charge in [-0.15, -0.1) is 0 Å². The molecule has 0 heterocycles. The first-order chi connectivity index (χ1) is 16.1. The van der Waals surface area contributed by atoms with Gasteiger partial charge >= 0.3 is 0 Å². The Balaban J connectivity index is 2.25. The Labute approximate surface area is 202 Å². The number of hydrogen-bond acceptors (Lipinski definition) is 6. The quantitative estimate of drug-likeness (QED) is 0.180. The maximum atomic E-state index is 13.6. The third-order valence-electron chi connectivity index (χ3n) is 5.68. The Bertz CT molecular complexity index is 1040. The van der Waals surface area contributed by atoms with Gasteiger partial charge < -0.3 is 15.6 Å². The van der Waals surface area contributed by atoms with E-state index in [1.807, 2.05) is 44.2 Å². The number of hydrogen-bond donors (Lipinski definition) is 2. The highest BCUT2D eigenvalue weighted by atomic mass is 32.2. The van der Waals surface area contributed by atoms with Gasteiger partial charge in [-0.1, -0.05) is 49.3 Å². The third kappa shape index (κ3) is 8.30. The third-order valence-corrected chi connectivity index (χ3v) is 7.50. The van der Waals surface area contributed by atoms with Crippen molar-refractivity contribution in [3.05, 3.63) is 70.6 Å². The maximum absolute atomic E-state index is 13.6. The van der Waals surface area contributed by atoms with Crippen molar-refractivity contribution in [3.8, 4) is 5.75 Å². The molecule has 2 rings (SSSR count). The SMILES string of the molecule is COc1ccc(S(=O)(=O)N(CC(O)C(N)Cc2ccccc2)CC(C)(C)CCCN=[N+]=[N-])cc1. The zero-order chi connectivity index (χ0) is 25.2. The fourth-order valence-electron chi connectivity index (χ4n) is 3.74. The normalized spacial score (nSPS) is 13.8. The molecule has 0 spiro atoms. The molecule has 2 aromatic rings. The van der Waals surface area contributed by atoms with Crippen molar-refractivity contribution in [3.63, 3.8) is 0 Å². The van der Waals surface area contributed by atoms with E-state index in [0.717, 1.165) is 5.56 Å². The zero-order valence-corrected chi connectivity index (χ0v) is 20.9. The number of benzene rings is 2. The number of aliphatic hydroxyl groups is 1. The van der Waals surface area contributed by atoms with Crippen molar-refractivity contribution >= 4 is 10.0 Å². The van der Waals surface area contributed by atoms with Crippen molar-refractivity contribution in [1.82, 2.24) is 4.31 Å². The van der Waals surface area contributed by atoms with Gasteiger partial charge in [0.1, 0.15) is 5.75 Å². The van der Waals surface area contributed by atoms with Gasteiger partial charge in [0.2, 0.25) is 10.0 Å². The molecule has 0 radical (unpaired) electrons. The average Bonchev–Trinajstić information content (AvgIpc) is 2.82. The number of nitrogens with zero attached hydrogens (tertiary/aromatic N) is 4. The second kappa shape index (κ2) is 12.7. The van der Waals surface area contributed by atoms with Crippen LogP contribution < -0.4 is 10.5 Å². The molecule has 0 aromatic heterocycles. The van der Waals surface area contributed by atoms with E-state index in [2.05, 4.69) is 10.0 Å². The van der Waals surface area contributed by atoms with Gasteiger partial charge in [0.15, 0.2) is 0 Å². The van der Waals surface area contributed by atoms with Crippen LogP contribution in [0.5, 0.6) is 5.75 Å². The fourth-order valence-corrected chi connectivity index (χ4v) is 5.39. The molecule has 2 atom stereocenters. The smallest absolute Gasteiger partial charge is 0.243 e. The lowest BCUT2D eigenvalue weighted by Crippen LogP contribution is -2.49. The predicted molar refractivity (Wildman–Crippen MR) is 133 cm³/mol. The number of sulfonamides is 1. The number of aliphatic hydroxyl groups excluding tert-OH is 1. The predicted octanol–water partition coefficient (Wildman–Crippen LogP) is 3.73. The second-order valence-electron chi connectivity index (χ2n) is 9.12. The van der Waals surface area contributed by atoms with Crippen LogP contribution in [0.3, 0.4) is 0 Å². The summed E-state index contributed by atoms with van der Waals surface area (Å²) in [4.78, 5) is 2.88. The summed E-state index contributed by atoms with van der Waals surface area (Å²) in [5.41, 5.74) is 15.3. The Morgan fingerprint density at radius 2 is 1.82 bits per heavy atom. The van der Waals surface area contributed by atoms with Gasteiger partial charge in [0, 0.05) is 30.6 Å². The van der Waals surface area contributed by atoms with Crippen molar-refractivity contribution in [2.45, 2.75) is 50.2 Å². The Morgan fingerprint density at radius 3 is 2.41 bits per heavy atom. The van der Waals surface area contributed by atoms with E-state index in [0.29, 0.717) is 31.6 Å². The molecular formula is C24H35N5O4S. The van der Waals surface area contributed by atoms with E-state index >= 15 is 0 Å². The maximum Gasteiger partial charge on any atom is 0.243 e. The van der Waals surface area contributed by atoms with Crippen molar-refractivity contribution in [1.29, 1.82) is 0 Å². The Kier molecular flexibility index (Phi) is 10.3. The summed E-state index contributed by atoms with van der Waals surface area (Å²) in [5, 5.41) is 14.4. The molecule has 2 unspecified atom stereocenters. The molecule has 10 heteroatoms. The number of nitrogens with two attached hydrogens (primary N) is 1. The van der Waals surface area contributed by atoms with Gasteiger partial charge in [-0.3, -0.25) is 0 Å². The topological polar surface area (TPSA) is 142 Å². The lowest BCUT2D eigenvalue weighted by molar-refractivity contribution is 0.106. The number of methoxy groups -OCH3 is 1. The standard InChI is InChI=1S/C24H35N5O4S/c1-24(2,14-7-15-27-28-26)18-29(34(31,32)21-12-10-20(33-3)11-13-21)17-23(30)22(25)16-19-8-5-4-6-9-19/h4-6,8-13,22-23,30H,7,14-18,25H2,1-3H3. The minimum atomic E-state index is -3.92. The monoisotopic (exact) mass is 489 g/mol. The minimum Gasteiger partial charge on any atom is -0.497 e. The molecule has 34 heavy (non-hydrogen) atoms. The molecule has 0 bridgehead atoms. The number of azide groups is 1. The first-order valence-electron chi connectivity index (χ1n) is 11.2. The molecule has 0 amide bonds. The van der Waals surface area contributed by atoms with Gasteiger partial charge in [-0.25, -0.2) is 8.42 Å². The van der Waals surface area contributed by atoms with E-state index < -0.39 is 27.6 Å². The second-order valence-corrected chi connectivity index (χ2v) is 11.1. The number of rotatable bonds is 14. The zero-order valence-electron chi connectivity index (χ0n) is 20.0. The van der Waals surface area contributed by atoms with Crippen LogP contribution >= 0.6 is 0 Å². The molecule has 0 aliphatic rings. The van der Waals surface area contributed by atoms with Crippen LogP contribution in [-0.4, -0.2) is 56.7 Å². The minimum absolute atomic E-state index is 0.113. The van der Waals surface area contributed by atoms with Crippen molar-refractivity contribution in [2.24, 2.45) is 16.3 Å². The molecule has 9 nitrogen and oxygen atoms in total. The largest absolute Gasteiger partial charge is 0.497 e.